The number of nitrogens with one attached hydrogen (secondary N) is 1. The highest BCUT2D eigenvalue weighted by Gasteiger charge is 2.26. The van der Waals surface area contributed by atoms with Crippen molar-refractivity contribution in [3.05, 3.63) is 0 Å². The molecule has 0 aliphatic rings. The van der Waals surface area contributed by atoms with E-state index >= 15 is 0 Å². The zero-order chi connectivity index (χ0) is 13.6. The molecule has 0 bridgehead atoms. The first-order valence-electron chi connectivity index (χ1n) is 5.41. The zero-order valence-corrected chi connectivity index (χ0v) is 11.4. The number of hydrogen-bond acceptors (Lipinski definition) is 4. The van der Waals surface area contributed by atoms with Crippen LogP contribution in [0.3, 0.4) is 0 Å². The predicted octanol–water partition coefficient (Wildman–Crippen LogP) is 0.962. The highest BCUT2D eigenvalue weighted by Crippen LogP contribution is 2.10. The molecule has 2 amide bonds. The quantitative estimate of drug-likeness (QED) is 0.750. The molecule has 0 fully saturated rings. The maximum atomic E-state index is 11.7. The number of carbonyl (C=O) groups is 2. The van der Waals surface area contributed by atoms with E-state index < -0.39 is 17.7 Å². The predicted molar refractivity (Wildman–Crippen MR) is 63.5 cm³/mol. The van der Waals surface area contributed by atoms with Crippen LogP contribution in [0.4, 0.5) is 4.79 Å². The molecule has 0 aromatic rings. The van der Waals surface area contributed by atoms with Crippen molar-refractivity contribution in [3.8, 4) is 0 Å². The topological polar surface area (TPSA) is 67.9 Å². The van der Waals surface area contributed by atoms with Gasteiger partial charge in [-0.25, -0.2) is 4.79 Å². The second kappa shape index (κ2) is 6.44. The van der Waals surface area contributed by atoms with E-state index in [-0.39, 0.29) is 12.6 Å². The Morgan fingerprint density at radius 1 is 1.35 bits per heavy atom. The fraction of sp³-hybridized carbons (Fsp3) is 0.818. The third-order valence-electron chi connectivity index (χ3n) is 2.03. The summed E-state index contributed by atoms with van der Waals surface area (Å²) in [7, 11) is 2.99. The monoisotopic (exact) mass is 246 g/mol. The van der Waals surface area contributed by atoms with Crippen molar-refractivity contribution in [3.63, 3.8) is 0 Å². The lowest BCUT2D eigenvalue weighted by molar-refractivity contribution is -0.126. The molecule has 0 aliphatic heterocycles. The van der Waals surface area contributed by atoms with Crippen molar-refractivity contribution in [2.75, 3.05) is 20.9 Å². The standard InChI is InChI=1S/C11H22N2O4/c1-8(9(14)12-7-16-6)13(5)10(15)17-11(2,3)4/h8H,7H2,1-6H3,(H,12,14)/t8-/m0/s1. The number of nitrogens with zero attached hydrogens (tertiary/aromatic N) is 1. The van der Waals surface area contributed by atoms with Gasteiger partial charge in [-0.2, -0.15) is 0 Å². The van der Waals surface area contributed by atoms with E-state index in [1.807, 2.05) is 0 Å². The van der Waals surface area contributed by atoms with Gasteiger partial charge in [-0.15, -0.1) is 0 Å². The zero-order valence-electron chi connectivity index (χ0n) is 11.4. The molecule has 0 saturated carbocycles. The molecular formula is C11H22N2O4. The highest BCUT2D eigenvalue weighted by atomic mass is 16.6. The summed E-state index contributed by atoms with van der Waals surface area (Å²) in [5.74, 6) is -0.291. The van der Waals surface area contributed by atoms with E-state index in [0.717, 1.165) is 0 Å². The number of rotatable bonds is 4. The second-order valence-corrected chi connectivity index (χ2v) is 4.74. The summed E-state index contributed by atoms with van der Waals surface area (Å²) in [6.45, 7) is 7.05. The molecule has 0 aromatic heterocycles. The first kappa shape index (κ1) is 15.7. The van der Waals surface area contributed by atoms with Gasteiger partial charge >= 0.3 is 6.09 Å². The molecule has 100 valence electrons. The molecule has 1 N–H and O–H groups in total. The van der Waals surface area contributed by atoms with Crippen LogP contribution in [-0.2, 0) is 14.3 Å². The number of hydrogen-bond donors (Lipinski definition) is 1. The van der Waals surface area contributed by atoms with Crippen LogP contribution in [0.5, 0.6) is 0 Å². The molecule has 0 aromatic carbocycles. The van der Waals surface area contributed by atoms with Gasteiger partial charge in [-0.3, -0.25) is 9.69 Å². The average molecular weight is 246 g/mol. The van der Waals surface area contributed by atoms with Gasteiger partial charge in [0, 0.05) is 14.2 Å². The van der Waals surface area contributed by atoms with Crippen LogP contribution in [0.25, 0.3) is 0 Å². The number of methoxy groups -OCH3 is 1. The van der Waals surface area contributed by atoms with Crippen molar-refractivity contribution in [2.45, 2.75) is 39.3 Å². The average Bonchev–Trinajstić information content (AvgIpc) is 2.21. The van der Waals surface area contributed by atoms with E-state index in [0.29, 0.717) is 0 Å². The van der Waals surface area contributed by atoms with Gasteiger partial charge in [0.15, 0.2) is 0 Å². The molecular weight excluding hydrogens is 224 g/mol. The Morgan fingerprint density at radius 2 is 1.88 bits per heavy atom. The van der Waals surface area contributed by atoms with E-state index in [2.05, 4.69) is 5.32 Å². The van der Waals surface area contributed by atoms with Crippen molar-refractivity contribution in [2.24, 2.45) is 0 Å². The largest absolute Gasteiger partial charge is 0.444 e. The lowest BCUT2D eigenvalue weighted by Gasteiger charge is -2.28. The van der Waals surface area contributed by atoms with Crippen LogP contribution in [0.15, 0.2) is 0 Å². The molecule has 6 nitrogen and oxygen atoms in total. The summed E-state index contributed by atoms with van der Waals surface area (Å²) in [5, 5.41) is 2.52. The van der Waals surface area contributed by atoms with Gasteiger partial charge in [0.1, 0.15) is 18.4 Å². The lowest BCUT2D eigenvalue weighted by Crippen LogP contribution is -2.47. The summed E-state index contributed by atoms with van der Waals surface area (Å²) in [6.07, 6.45) is -0.530. The SMILES string of the molecule is COCNC(=O)[C@H](C)N(C)C(=O)OC(C)(C)C. The van der Waals surface area contributed by atoms with Crippen LogP contribution < -0.4 is 5.32 Å². The van der Waals surface area contributed by atoms with Crippen LogP contribution in [0.2, 0.25) is 0 Å². The van der Waals surface area contributed by atoms with Gasteiger partial charge in [0.2, 0.25) is 5.91 Å². The van der Waals surface area contributed by atoms with Crippen LogP contribution in [0.1, 0.15) is 27.7 Å². The summed E-state index contributed by atoms with van der Waals surface area (Å²) in [6, 6.07) is -0.611. The third-order valence-corrected chi connectivity index (χ3v) is 2.03. The Bertz CT molecular complexity index is 273. The Hall–Kier alpha value is -1.30. The van der Waals surface area contributed by atoms with E-state index in [1.54, 1.807) is 27.7 Å². The molecule has 0 aliphatic carbocycles. The minimum Gasteiger partial charge on any atom is -0.444 e. The fourth-order valence-corrected chi connectivity index (χ4v) is 0.959. The Morgan fingerprint density at radius 3 is 2.29 bits per heavy atom. The molecule has 17 heavy (non-hydrogen) atoms. The molecule has 1 atom stereocenters. The van der Waals surface area contributed by atoms with Crippen LogP contribution in [-0.4, -0.2) is 49.4 Å². The van der Waals surface area contributed by atoms with Crippen LogP contribution >= 0.6 is 0 Å². The summed E-state index contributed by atoms with van der Waals surface area (Å²) < 4.78 is 9.87. The number of likely N-dealkylation sites (N-methyl/N-ethyl adjacent to an activating group) is 1. The molecule has 0 rings (SSSR count). The Balaban J connectivity index is 4.33. The van der Waals surface area contributed by atoms with Crippen LogP contribution in [0, 0.1) is 0 Å². The maximum Gasteiger partial charge on any atom is 0.410 e. The Kier molecular flexibility index (Phi) is 5.95. The summed E-state index contributed by atoms with van der Waals surface area (Å²) in [5.41, 5.74) is -0.575. The minimum atomic E-state index is -0.611. The van der Waals surface area contributed by atoms with Crippen molar-refractivity contribution in [1.82, 2.24) is 10.2 Å². The third kappa shape index (κ3) is 6.11. The van der Waals surface area contributed by atoms with E-state index in [1.165, 1.54) is 19.1 Å². The van der Waals surface area contributed by atoms with Crippen molar-refractivity contribution >= 4 is 12.0 Å². The molecule has 0 heterocycles. The summed E-state index contributed by atoms with van der Waals surface area (Å²) in [4.78, 5) is 24.5. The molecule has 0 spiro atoms. The first-order chi connectivity index (χ1) is 7.69. The lowest BCUT2D eigenvalue weighted by atomic mass is 10.2. The van der Waals surface area contributed by atoms with E-state index in [4.69, 9.17) is 9.47 Å². The number of amides is 2. The normalized spacial score (nSPS) is 12.8. The minimum absolute atomic E-state index is 0.116. The van der Waals surface area contributed by atoms with Gasteiger partial charge in [-0.1, -0.05) is 0 Å². The maximum absolute atomic E-state index is 11.7. The van der Waals surface area contributed by atoms with Gasteiger partial charge < -0.3 is 14.8 Å². The summed E-state index contributed by atoms with van der Waals surface area (Å²) >= 11 is 0. The molecule has 0 radical (unpaired) electrons. The fourth-order valence-electron chi connectivity index (χ4n) is 0.959. The van der Waals surface area contributed by atoms with Gasteiger partial charge in [-0.05, 0) is 27.7 Å². The van der Waals surface area contributed by atoms with E-state index in [9.17, 15) is 9.59 Å². The number of carbonyl (C=O) groups excluding carboxylic acids is 2. The Labute approximate surface area is 102 Å². The van der Waals surface area contributed by atoms with Gasteiger partial charge in [0.05, 0.1) is 0 Å². The molecule has 0 saturated heterocycles. The van der Waals surface area contributed by atoms with Crippen molar-refractivity contribution in [1.29, 1.82) is 0 Å². The highest BCUT2D eigenvalue weighted by molar-refractivity contribution is 5.85. The second-order valence-electron chi connectivity index (χ2n) is 4.74. The van der Waals surface area contributed by atoms with Crippen molar-refractivity contribution < 1.29 is 19.1 Å². The number of ether oxygens (including phenoxy) is 2. The van der Waals surface area contributed by atoms with Gasteiger partial charge in [0.25, 0.3) is 0 Å². The molecule has 0 unspecified atom stereocenters. The molecule has 6 heteroatoms. The smallest absolute Gasteiger partial charge is 0.410 e. The first-order valence-corrected chi connectivity index (χ1v) is 5.41.